The van der Waals surface area contributed by atoms with Crippen molar-refractivity contribution in [2.75, 3.05) is 23.3 Å². The van der Waals surface area contributed by atoms with Gasteiger partial charge < -0.3 is 10.1 Å². The van der Waals surface area contributed by atoms with Crippen molar-refractivity contribution >= 4 is 33.3 Å². The molecule has 0 radical (unpaired) electrons. The van der Waals surface area contributed by atoms with Crippen molar-refractivity contribution in [3.8, 4) is 0 Å². The van der Waals surface area contributed by atoms with E-state index in [0.717, 1.165) is 4.31 Å². The lowest BCUT2D eigenvalue weighted by Crippen LogP contribution is -2.26. The molecule has 0 unspecified atom stereocenters. The maximum Gasteiger partial charge on any atom is 0.338 e. The molecule has 0 atom stereocenters. The molecule has 0 spiro atoms. The minimum absolute atomic E-state index is 0.0405. The summed E-state index contributed by atoms with van der Waals surface area (Å²) in [6, 6.07) is 19.3. The predicted octanol–water partition coefficient (Wildman–Crippen LogP) is 3.45. The van der Waals surface area contributed by atoms with Gasteiger partial charge in [-0.3, -0.25) is 9.10 Å². The van der Waals surface area contributed by atoms with Crippen LogP contribution in [0.5, 0.6) is 0 Å². The van der Waals surface area contributed by atoms with E-state index in [1.807, 2.05) is 0 Å². The maximum atomic E-state index is 13.6. The molecule has 3 aromatic carbocycles. The van der Waals surface area contributed by atoms with E-state index in [4.69, 9.17) is 4.74 Å². The minimum Gasteiger partial charge on any atom is -0.452 e. The van der Waals surface area contributed by atoms with Crippen molar-refractivity contribution < 1.29 is 27.1 Å². The number of amides is 1. The van der Waals surface area contributed by atoms with Gasteiger partial charge in [-0.2, -0.15) is 0 Å². The Kier molecular flexibility index (Phi) is 6.66. The van der Waals surface area contributed by atoms with Gasteiger partial charge in [0.15, 0.2) is 6.61 Å². The molecule has 0 aliphatic rings. The standard InChI is InChI=1S/C22H19FN2O5S/c1-25(17-9-3-2-4-10-17)31(28,29)18-11-7-8-16(14-18)22(27)30-15-21(26)24-20-13-6-5-12-19(20)23/h2-14H,15H2,1H3,(H,24,26). The number of benzene rings is 3. The fourth-order valence-corrected chi connectivity index (χ4v) is 3.92. The number of para-hydroxylation sites is 2. The van der Waals surface area contributed by atoms with E-state index in [1.54, 1.807) is 36.4 Å². The molecule has 0 saturated carbocycles. The lowest BCUT2D eigenvalue weighted by molar-refractivity contribution is -0.119. The third-order valence-electron chi connectivity index (χ3n) is 4.33. The van der Waals surface area contributed by atoms with E-state index in [9.17, 15) is 22.4 Å². The summed E-state index contributed by atoms with van der Waals surface area (Å²) in [6.07, 6.45) is 0. The van der Waals surface area contributed by atoms with Gasteiger partial charge in [-0.05, 0) is 42.5 Å². The van der Waals surface area contributed by atoms with E-state index < -0.39 is 34.3 Å². The van der Waals surface area contributed by atoms with Crippen LogP contribution in [0.15, 0.2) is 83.8 Å². The second-order valence-electron chi connectivity index (χ2n) is 6.44. The van der Waals surface area contributed by atoms with E-state index in [2.05, 4.69) is 5.32 Å². The quantitative estimate of drug-likeness (QED) is 0.566. The molecule has 0 aromatic heterocycles. The Balaban J connectivity index is 1.68. The lowest BCUT2D eigenvalue weighted by atomic mass is 10.2. The monoisotopic (exact) mass is 442 g/mol. The zero-order valence-corrected chi connectivity index (χ0v) is 17.3. The smallest absolute Gasteiger partial charge is 0.338 e. The van der Waals surface area contributed by atoms with Gasteiger partial charge in [-0.15, -0.1) is 0 Å². The fourth-order valence-electron chi connectivity index (χ4n) is 2.68. The third kappa shape index (κ3) is 5.26. The Hall–Kier alpha value is -3.72. The van der Waals surface area contributed by atoms with Crippen LogP contribution in [-0.4, -0.2) is 33.9 Å². The lowest BCUT2D eigenvalue weighted by Gasteiger charge is -2.19. The summed E-state index contributed by atoms with van der Waals surface area (Å²) in [7, 11) is -2.51. The Bertz CT molecular complexity index is 1200. The number of halogens is 1. The molecule has 0 saturated heterocycles. The molecule has 31 heavy (non-hydrogen) atoms. The Labute approximate surface area is 179 Å². The Morgan fingerprint density at radius 2 is 1.65 bits per heavy atom. The summed E-state index contributed by atoms with van der Waals surface area (Å²) in [6.45, 7) is -0.659. The highest BCUT2D eigenvalue weighted by Crippen LogP contribution is 2.22. The summed E-state index contributed by atoms with van der Waals surface area (Å²) in [5, 5.41) is 2.29. The highest BCUT2D eigenvalue weighted by Gasteiger charge is 2.23. The average Bonchev–Trinajstić information content (AvgIpc) is 2.79. The molecule has 9 heteroatoms. The number of sulfonamides is 1. The average molecular weight is 442 g/mol. The summed E-state index contributed by atoms with van der Waals surface area (Å²) in [5.41, 5.74) is 0.377. The van der Waals surface area contributed by atoms with E-state index in [-0.39, 0.29) is 16.1 Å². The first kappa shape index (κ1) is 22.0. The van der Waals surface area contributed by atoms with Gasteiger partial charge in [0.05, 0.1) is 21.8 Å². The second kappa shape index (κ2) is 9.40. The summed E-state index contributed by atoms with van der Waals surface area (Å²) < 4.78 is 45.4. The SMILES string of the molecule is CN(c1ccccc1)S(=O)(=O)c1cccc(C(=O)OCC(=O)Nc2ccccc2F)c1. The normalized spacial score (nSPS) is 10.9. The van der Waals surface area contributed by atoms with Crippen molar-refractivity contribution in [3.63, 3.8) is 0 Å². The molecule has 3 rings (SSSR count). The van der Waals surface area contributed by atoms with Gasteiger partial charge in [-0.25, -0.2) is 17.6 Å². The van der Waals surface area contributed by atoms with E-state index >= 15 is 0 Å². The van der Waals surface area contributed by atoms with Crippen LogP contribution in [0.25, 0.3) is 0 Å². The predicted molar refractivity (Wildman–Crippen MR) is 114 cm³/mol. The van der Waals surface area contributed by atoms with E-state index in [0.29, 0.717) is 5.69 Å². The van der Waals surface area contributed by atoms with Crippen molar-refractivity contribution in [3.05, 3.63) is 90.2 Å². The van der Waals surface area contributed by atoms with Crippen LogP contribution >= 0.6 is 0 Å². The van der Waals surface area contributed by atoms with Gasteiger partial charge >= 0.3 is 5.97 Å². The topological polar surface area (TPSA) is 92.8 Å². The molecule has 0 aliphatic carbocycles. The van der Waals surface area contributed by atoms with E-state index in [1.165, 1.54) is 49.5 Å². The molecule has 160 valence electrons. The molecule has 1 N–H and O–H groups in total. The number of rotatable bonds is 7. The van der Waals surface area contributed by atoms with Crippen molar-refractivity contribution in [2.24, 2.45) is 0 Å². The number of hydrogen-bond donors (Lipinski definition) is 1. The maximum absolute atomic E-state index is 13.6. The van der Waals surface area contributed by atoms with Gasteiger partial charge in [-0.1, -0.05) is 36.4 Å². The number of hydrogen-bond acceptors (Lipinski definition) is 5. The number of nitrogens with zero attached hydrogens (tertiary/aromatic N) is 1. The molecule has 0 aliphatic heterocycles. The second-order valence-corrected chi connectivity index (χ2v) is 8.41. The number of carbonyl (C=O) groups excluding carboxylic acids is 2. The molecule has 7 nitrogen and oxygen atoms in total. The van der Waals surface area contributed by atoms with Crippen LogP contribution in [-0.2, 0) is 19.6 Å². The number of carbonyl (C=O) groups is 2. The van der Waals surface area contributed by atoms with Crippen LogP contribution in [0.3, 0.4) is 0 Å². The van der Waals surface area contributed by atoms with Gasteiger partial charge in [0.1, 0.15) is 5.82 Å². The van der Waals surface area contributed by atoms with Gasteiger partial charge in [0.2, 0.25) is 0 Å². The van der Waals surface area contributed by atoms with Crippen molar-refractivity contribution in [2.45, 2.75) is 4.90 Å². The van der Waals surface area contributed by atoms with Gasteiger partial charge in [0, 0.05) is 7.05 Å². The molecule has 3 aromatic rings. The van der Waals surface area contributed by atoms with Crippen LogP contribution in [0.1, 0.15) is 10.4 Å². The van der Waals surface area contributed by atoms with Crippen LogP contribution in [0.2, 0.25) is 0 Å². The Morgan fingerprint density at radius 1 is 0.968 bits per heavy atom. The number of esters is 1. The van der Waals surface area contributed by atoms with Crippen LogP contribution in [0.4, 0.5) is 15.8 Å². The molecular formula is C22H19FN2O5S. The first-order valence-electron chi connectivity index (χ1n) is 9.14. The first-order chi connectivity index (χ1) is 14.8. The van der Waals surface area contributed by atoms with Gasteiger partial charge in [0.25, 0.3) is 15.9 Å². The summed E-state index contributed by atoms with van der Waals surface area (Å²) in [4.78, 5) is 24.1. The fraction of sp³-hybridized carbons (Fsp3) is 0.0909. The summed E-state index contributed by atoms with van der Waals surface area (Å²) in [5.74, 6) is -2.24. The number of nitrogens with one attached hydrogen (secondary N) is 1. The molecule has 0 bridgehead atoms. The summed E-state index contributed by atoms with van der Waals surface area (Å²) >= 11 is 0. The highest BCUT2D eigenvalue weighted by molar-refractivity contribution is 7.92. The minimum atomic E-state index is -3.92. The molecule has 1 amide bonds. The zero-order chi connectivity index (χ0) is 22.4. The van der Waals surface area contributed by atoms with Crippen molar-refractivity contribution in [1.29, 1.82) is 0 Å². The zero-order valence-electron chi connectivity index (χ0n) is 16.5. The number of anilines is 2. The molecule has 0 heterocycles. The highest BCUT2D eigenvalue weighted by atomic mass is 32.2. The van der Waals surface area contributed by atoms with Crippen LogP contribution < -0.4 is 9.62 Å². The first-order valence-corrected chi connectivity index (χ1v) is 10.6. The third-order valence-corrected chi connectivity index (χ3v) is 6.11. The Morgan fingerprint density at radius 3 is 2.35 bits per heavy atom. The number of ether oxygens (including phenoxy) is 1. The molecule has 0 fully saturated rings. The van der Waals surface area contributed by atoms with Crippen molar-refractivity contribution in [1.82, 2.24) is 0 Å². The largest absolute Gasteiger partial charge is 0.452 e. The molecular weight excluding hydrogens is 423 g/mol. The van der Waals surface area contributed by atoms with Crippen LogP contribution in [0, 0.1) is 5.82 Å².